The fraction of sp³-hybridized carbons (Fsp3) is 0.385. The van der Waals surface area contributed by atoms with Crippen molar-refractivity contribution >= 4 is 5.95 Å². The van der Waals surface area contributed by atoms with Gasteiger partial charge in [0.15, 0.2) is 0 Å². The third kappa shape index (κ3) is 2.22. The molecule has 5 heteroatoms. The Morgan fingerprint density at radius 1 is 1.39 bits per heavy atom. The maximum atomic E-state index is 5.98. The number of furan rings is 1. The van der Waals surface area contributed by atoms with Crippen molar-refractivity contribution < 1.29 is 4.42 Å². The molecule has 0 amide bonds. The Labute approximate surface area is 106 Å². The van der Waals surface area contributed by atoms with Gasteiger partial charge in [-0.15, -0.1) is 0 Å². The van der Waals surface area contributed by atoms with E-state index in [4.69, 9.17) is 10.2 Å². The topological polar surface area (TPSA) is 68.2 Å². The number of nitrogens with two attached hydrogens (primary N) is 1. The summed E-state index contributed by atoms with van der Waals surface area (Å²) in [5.41, 5.74) is 7.84. The van der Waals surface area contributed by atoms with Crippen LogP contribution in [0.4, 0.5) is 5.95 Å². The van der Waals surface area contributed by atoms with E-state index >= 15 is 0 Å². The number of rotatable bonds is 2. The van der Waals surface area contributed by atoms with Crippen LogP contribution in [0.15, 0.2) is 35.3 Å². The van der Waals surface area contributed by atoms with Crippen molar-refractivity contribution in [2.45, 2.75) is 18.9 Å². The second-order valence-electron chi connectivity index (χ2n) is 4.60. The fourth-order valence-corrected chi connectivity index (χ4v) is 2.26. The van der Waals surface area contributed by atoms with Crippen molar-refractivity contribution in [3.8, 4) is 11.3 Å². The first-order chi connectivity index (χ1) is 8.83. The molecule has 5 nitrogen and oxygen atoms in total. The van der Waals surface area contributed by atoms with Crippen molar-refractivity contribution in [3.63, 3.8) is 0 Å². The monoisotopic (exact) mass is 244 g/mol. The second-order valence-corrected chi connectivity index (χ2v) is 4.60. The van der Waals surface area contributed by atoms with Crippen LogP contribution in [0.1, 0.15) is 12.8 Å². The van der Waals surface area contributed by atoms with Crippen LogP contribution in [-0.4, -0.2) is 29.1 Å². The van der Waals surface area contributed by atoms with Gasteiger partial charge in [-0.1, -0.05) is 0 Å². The molecule has 1 atom stereocenters. The highest BCUT2D eigenvalue weighted by atomic mass is 16.3. The van der Waals surface area contributed by atoms with Crippen molar-refractivity contribution in [3.05, 3.63) is 30.9 Å². The van der Waals surface area contributed by atoms with Crippen molar-refractivity contribution in [1.82, 2.24) is 9.97 Å². The first kappa shape index (κ1) is 11.2. The van der Waals surface area contributed by atoms with Gasteiger partial charge in [-0.25, -0.2) is 9.97 Å². The summed E-state index contributed by atoms with van der Waals surface area (Å²) in [6.07, 6.45) is 7.30. The molecule has 94 valence electrons. The molecule has 1 aliphatic heterocycles. The summed E-state index contributed by atoms with van der Waals surface area (Å²) in [5, 5.41) is 0. The van der Waals surface area contributed by atoms with Crippen LogP contribution in [0.2, 0.25) is 0 Å². The zero-order chi connectivity index (χ0) is 12.4. The van der Waals surface area contributed by atoms with E-state index in [9.17, 15) is 0 Å². The molecule has 1 fully saturated rings. The number of anilines is 1. The molecule has 2 aromatic heterocycles. The van der Waals surface area contributed by atoms with E-state index in [1.165, 1.54) is 0 Å². The van der Waals surface area contributed by atoms with Crippen LogP contribution in [-0.2, 0) is 0 Å². The summed E-state index contributed by atoms with van der Waals surface area (Å²) in [6, 6.07) is 4.01. The molecule has 18 heavy (non-hydrogen) atoms. The van der Waals surface area contributed by atoms with Gasteiger partial charge >= 0.3 is 0 Å². The van der Waals surface area contributed by atoms with Gasteiger partial charge in [0, 0.05) is 30.9 Å². The van der Waals surface area contributed by atoms with Gasteiger partial charge in [0.1, 0.15) is 0 Å². The Morgan fingerprint density at radius 3 is 3.11 bits per heavy atom. The molecule has 1 aliphatic rings. The number of piperidine rings is 1. The Kier molecular flexibility index (Phi) is 2.98. The molecule has 3 rings (SSSR count). The highest BCUT2D eigenvalue weighted by Crippen LogP contribution is 2.21. The van der Waals surface area contributed by atoms with Crippen LogP contribution < -0.4 is 10.6 Å². The minimum Gasteiger partial charge on any atom is -0.472 e. The van der Waals surface area contributed by atoms with E-state index in [1.54, 1.807) is 18.7 Å². The molecule has 1 unspecified atom stereocenters. The molecule has 0 saturated carbocycles. The average molecular weight is 244 g/mol. The summed E-state index contributed by atoms with van der Waals surface area (Å²) >= 11 is 0. The van der Waals surface area contributed by atoms with Crippen LogP contribution in [0.3, 0.4) is 0 Å². The van der Waals surface area contributed by atoms with Crippen LogP contribution in [0, 0.1) is 0 Å². The first-order valence-electron chi connectivity index (χ1n) is 6.19. The molecule has 3 heterocycles. The van der Waals surface area contributed by atoms with E-state index in [0.717, 1.165) is 43.1 Å². The molecule has 2 N–H and O–H groups in total. The molecular formula is C13H16N4O. The number of hydrogen-bond acceptors (Lipinski definition) is 5. The summed E-state index contributed by atoms with van der Waals surface area (Å²) in [4.78, 5) is 11.1. The Bertz CT molecular complexity index is 511. The number of nitrogens with zero attached hydrogens (tertiary/aromatic N) is 3. The zero-order valence-corrected chi connectivity index (χ0v) is 10.1. The van der Waals surface area contributed by atoms with Gasteiger partial charge in [0.25, 0.3) is 0 Å². The lowest BCUT2D eigenvalue weighted by molar-refractivity contribution is 0.500. The molecule has 0 radical (unpaired) electrons. The minimum atomic E-state index is 0.222. The SMILES string of the molecule is NC1CCCN(c2nccc(-c3ccoc3)n2)C1. The number of hydrogen-bond donors (Lipinski definition) is 1. The largest absolute Gasteiger partial charge is 0.472 e. The summed E-state index contributed by atoms with van der Waals surface area (Å²) < 4.78 is 5.08. The van der Waals surface area contributed by atoms with Gasteiger partial charge in [-0.3, -0.25) is 0 Å². The van der Waals surface area contributed by atoms with Gasteiger partial charge in [-0.05, 0) is 25.0 Å². The maximum Gasteiger partial charge on any atom is 0.225 e. The van der Waals surface area contributed by atoms with E-state index in [2.05, 4.69) is 14.9 Å². The van der Waals surface area contributed by atoms with Gasteiger partial charge in [0.2, 0.25) is 5.95 Å². The predicted octanol–water partition coefficient (Wildman–Crippen LogP) is 1.66. The van der Waals surface area contributed by atoms with E-state index in [-0.39, 0.29) is 6.04 Å². The van der Waals surface area contributed by atoms with E-state index in [1.807, 2.05) is 12.1 Å². The molecule has 2 aromatic rings. The molecule has 0 bridgehead atoms. The lowest BCUT2D eigenvalue weighted by Gasteiger charge is -2.30. The second kappa shape index (κ2) is 4.78. The molecule has 0 aromatic carbocycles. The maximum absolute atomic E-state index is 5.98. The highest BCUT2D eigenvalue weighted by molar-refractivity contribution is 5.58. The molecule has 1 saturated heterocycles. The van der Waals surface area contributed by atoms with Crippen molar-refractivity contribution in [2.75, 3.05) is 18.0 Å². The predicted molar refractivity (Wildman–Crippen MR) is 69.2 cm³/mol. The smallest absolute Gasteiger partial charge is 0.225 e. The quantitative estimate of drug-likeness (QED) is 0.870. The zero-order valence-electron chi connectivity index (χ0n) is 10.1. The van der Waals surface area contributed by atoms with Crippen LogP contribution in [0.25, 0.3) is 11.3 Å². The van der Waals surface area contributed by atoms with E-state index < -0.39 is 0 Å². The molecular weight excluding hydrogens is 228 g/mol. The molecule has 0 spiro atoms. The Balaban J connectivity index is 1.86. The van der Waals surface area contributed by atoms with E-state index in [0.29, 0.717) is 0 Å². The minimum absolute atomic E-state index is 0.222. The normalized spacial score (nSPS) is 20.1. The van der Waals surface area contributed by atoms with Gasteiger partial charge < -0.3 is 15.1 Å². The summed E-state index contributed by atoms with van der Waals surface area (Å²) in [7, 11) is 0. The highest BCUT2D eigenvalue weighted by Gasteiger charge is 2.19. The first-order valence-corrected chi connectivity index (χ1v) is 6.19. The average Bonchev–Trinajstić information content (AvgIpc) is 2.93. The van der Waals surface area contributed by atoms with Crippen molar-refractivity contribution in [1.29, 1.82) is 0 Å². The van der Waals surface area contributed by atoms with Gasteiger partial charge in [0.05, 0.1) is 18.2 Å². The third-order valence-electron chi connectivity index (χ3n) is 3.20. The lowest BCUT2D eigenvalue weighted by atomic mass is 10.1. The summed E-state index contributed by atoms with van der Waals surface area (Å²) in [5.74, 6) is 0.754. The van der Waals surface area contributed by atoms with Crippen molar-refractivity contribution in [2.24, 2.45) is 5.73 Å². The fourth-order valence-electron chi connectivity index (χ4n) is 2.26. The Hall–Kier alpha value is -1.88. The third-order valence-corrected chi connectivity index (χ3v) is 3.20. The number of aromatic nitrogens is 2. The Morgan fingerprint density at radius 2 is 2.33 bits per heavy atom. The summed E-state index contributed by atoms with van der Waals surface area (Å²) in [6.45, 7) is 1.80. The van der Waals surface area contributed by atoms with Gasteiger partial charge in [-0.2, -0.15) is 0 Å². The molecule has 0 aliphatic carbocycles. The lowest BCUT2D eigenvalue weighted by Crippen LogP contribution is -2.43. The standard InChI is InChI=1S/C13H16N4O/c14-11-2-1-6-17(8-11)13-15-5-3-12(16-13)10-4-7-18-9-10/h3-5,7,9,11H,1-2,6,8,14H2. The van der Waals surface area contributed by atoms with Crippen LogP contribution >= 0.6 is 0 Å². The van der Waals surface area contributed by atoms with Crippen LogP contribution in [0.5, 0.6) is 0 Å².